The normalized spacial score (nSPS) is 13.5. The van der Waals surface area contributed by atoms with Gasteiger partial charge in [0.15, 0.2) is 0 Å². The van der Waals surface area contributed by atoms with Crippen LogP contribution >= 0.6 is 0 Å². The summed E-state index contributed by atoms with van der Waals surface area (Å²) in [7, 11) is 0. The van der Waals surface area contributed by atoms with Crippen LogP contribution in [0.5, 0.6) is 0 Å². The summed E-state index contributed by atoms with van der Waals surface area (Å²) >= 11 is 0. The minimum Gasteiger partial charge on any atom is -0.384 e. The maximum absolute atomic E-state index is 6.29. The highest BCUT2D eigenvalue weighted by Crippen LogP contribution is 2.34. The van der Waals surface area contributed by atoms with Gasteiger partial charge in [0, 0.05) is 11.0 Å². The van der Waals surface area contributed by atoms with Crippen molar-refractivity contribution in [1.82, 2.24) is 9.55 Å². The highest BCUT2D eigenvalue weighted by atomic mass is 15.2. The number of imidazole rings is 1. The van der Waals surface area contributed by atoms with E-state index in [9.17, 15) is 0 Å². The van der Waals surface area contributed by atoms with Gasteiger partial charge in [-0.05, 0) is 26.7 Å². The maximum atomic E-state index is 6.29. The first kappa shape index (κ1) is 14.1. The summed E-state index contributed by atoms with van der Waals surface area (Å²) in [5.74, 6) is 2.25. The van der Waals surface area contributed by atoms with Crippen LogP contribution in [-0.4, -0.2) is 9.55 Å². The number of nitrogen functional groups attached to an aromatic ring is 1. The Hall–Kier alpha value is -0.990. The lowest BCUT2D eigenvalue weighted by molar-refractivity contribution is 0.359. The van der Waals surface area contributed by atoms with Gasteiger partial charge in [-0.1, -0.05) is 34.6 Å². The standard InChI is InChI=1S/C14H27N3/c1-9(2)10-11(15)17(14(6,7)8)12(16-10)13(3,4)5/h9H,15H2,1-8H3. The molecule has 0 spiro atoms. The number of rotatable bonds is 1. The second kappa shape index (κ2) is 4.04. The topological polar surface area (TPSA) is 43.8 Å². The van der Waals surface area contributed by atoms with Crippen molar-refractivity contribution in [1.29, 1.82) is 0 Å². The molecule has 0 aromatic carbocycles. The minimum absolute atomic E-state index is 0.00847. The molecule has 0 aliphatic carbocycles. The molecule has 3 heteroatoms. The number of anilines is 1. The molecule has 0 amide bonds. The summed E-state index contributed by atoms with van der Waals surface area (Å²) in [4.78, 5) is 4.78. The van der Waals surface area contributed by atoms with E-state index < -0.39 is 0 Å². The van der Waals surface area contributed by atoms with Gasteiger partial charge >= 0.3 is 0 Å². The van der Waals surface area contributed by atoms with Gasteiger partial charge in [0.2, 0.25) is 0 Å². The van der Waals surface area contributed by atoms with Crippen LogP contribution in [0.25, 0.3) is 0 Å². The van der Waals surface area contributed by atoms with Crippen LogP contribution < -0.4 is 5.73 Å². The first-order valence-electron chi connectivity index (χ1n) is 6.35. The fourth-order valence-corrected chi connectivity index (χ4v) is 2.06. The van der Waals surface area contributed by atoms with Crippen LogP contribution in [0, 0.1) is 0 Å². The molecule has 1 heterocycles. The Labute approximate surface area is 105 Å². The van der Waals surface area contributed by atoms with E-state index in [1.807, 2.05) is 0 Å². The zero-order valence-corrected chi connectivity index (χ0v) is 12.5. The third-order valence-electron chi connectivity index (χ3n) is 2.83. The van der Waals surface area contributed by atoms with E-state index in [4.69, 9.17) is 10.7 Å². The molecule has 0 saturated carbocycles. The average Bonchev–Trinajstić information content (AvgIpc) is 2.40. The minimum atomic E-state index is -0.0349. The van der Waals surface area contributed by atoms with Gasteiger partial charge in [-0.25, -0.2) is 4.98 Å². The Morgan fingerprint density at radius 1 is 1.06 bits per heavy atom. The Morgan fingerprint density at radius 3 is 1.76 bits per heavy atom. The van der Waals surface area contributed by atoms with E-state index in [0.29, 0.717) is 5.92 Å². The molecule has 98 valence electrons. The summed E-state index contributed by atoms with van der Waals surface area (Å²) in [6.07, 6.45) is 0. The van der Waals surface area contributed by atoms with Crippen LogP contribution in [0.15, 0.2) is 0 Å². The van der Waals surface area contributed by atoms with Crippen molar-refractivity contribution in [3.05, 3.63) is 11.5 Å². The molecule has 0 fully saturated rings. The molecule has 17 heavy (non-hydrogen) atoms. The van der Waals surface area contributed by atoms with Crippen LogP contribution in [0.3, 0.4) is 0 Å². The largest absolute Gasteiger partial charge is 0.384 e. The fourth-order valence-electron chi connectivity index (χ4n) is 2.06. The second-order valence-corrected chi connectivity index (χ2v) is 7.12. The van der Waals surface area contributed by atoms with Crippen molar-refractivity contribution in [2.24, 2.45) is 0 Å². The average molecular weight is 237 g/mol. The Bertz CT molecular complexity index is 400. The molecule has 0 unspecified atom stereocenters. The van der Waals surface area contributed by atoms with Gasteiger partial charge in [-0.3, -0.25) is 0 Å². The van der Waals surface area contributed by atoms with Gasteiger partial charge in [0.05, 0.1) is 5.69 Å². The van der Waals surface area contributed by atoms with Gasteiger partial charge in [0.1, 0.15) is 11.6 Å². The molecular formula is C14H27N3. The van der Waals surface area contributed by atoms with Gasteiger partial charge in [-0.2, -0.15) is 0 Å². The Morgan fingerprint density at radius 2 is 1.53 bits per heavy atom. The van der Waals surface area contributed by atoms with Crippen LogP contribution in [0.1, 0.15) is 72.8 Å². The van der Waals surface area contributed by atoms with Crippen molar-refractivity contribution < 1.29 is 0 Å². The van der Waals surface area contributed by atoms with Crippen LogP contribution in [-0.2, 0) is 11.0 Å². The number of aromatic nitrogens is 2. The van der Waals surface area contributed by atoms with E-state index in [2.05, 4.69) is 60.0 Å². The zero-order chi connectivity index (χ0) is 13.6. The molecule has 1 rings (SSSR count). The third kappa shape index (κ3) is 2.64. The number of nitrogens with two attached hydrogens (primary N) is 1. The first-order chi connectivity index (χ1) is 7.46. The molecule has 0 saturated heterocycles. The van der Waals surface area contributed by atoms with Crippen molar-refractivity contribution in [2.45, 2.75) is 72.3 Å². The SMILES string of the molecule is CC(C)c1nc(C(C)(C)C)n(C(C)(C)C)c1N. The summed E-state index contributed by atoms with van der Waals surface area (Å²) in [6, 6.07) is 0. The first-order valence-corrected chi connectivity index (χ1v) is 6.35. The molecule has 0 aliphatic rings. The number of hydrogen-bond acceptors (Lipinski definition) is 2. The quantitative estimate of drug-likeness (QED) is 0.810. The summed E-state index contributed by atoms with van der Waals surface area (Å²) < 4.78 is 2.18. The molecule has 0 atom stereocenters. The molecule has 1 aromatic rings. The van der Waals surface area contributed by atoms with E-state index in [1.54, 1.807) is 0 Å². The summed E-state index contributed by atoms with van der Waals surface area (Å²) in [5, 5.41) is 0. The fraction of sp³-hybridized carbons (Fsp3) is 0.786. The predicted octanol–water partition coefficient (Wildman–Crippen LogP) is 3.64. The molecule has 2 N–H and O–H groups in total. The summed E-state index contributed by atoms with van der Waals surface area (Å²) in [6.45, 7) is 17.3. The van der Waals surface area contributed by atoms with Crippen molar-refractivity contribution in [3.8, 4) is 0 Å². The lowest BCUT2D eigenvalue weighted by Crippen LogP contribution is -2.30. The van der Waals surface area contributed by atoms with Crippen LogP contribution in [0.2, 0.25) is 0 Å². The molecule has 0 radical (unpaired) electrons. The Balaban J connectivity index is 3.55. The van der Waals surface area contributed by atoms with Gasteiger partial charge < -0.3 is 10.3 Å². The highest BCUT2D eigenvalue weighted by Gasteiger charge is 2.30. The van der Waals surface area contributed by atoms with E-state index >= 15 is 0 Å². The van der Waals surface area contributed by atoms with E-state index in [1.165, 1.54) is 0 Å². The second-order valence-electron chi connectivity index (χ2n) is 7.12. The zero-order valence-electron chi connectivity index (χ0n) is 12.5. The lowest BCUT2D eigenvalue weighted by atomic mass is 9.94. The molecule has 1 aromatic heterocycles. The Kier molecular flexibility index (Phi) is 3.34. The molecule has 0 aliphatic heterocycles. The van der Waals surface area contributed by atoms with E-state index in [0.717, 1.165) is 17.3 Å². The number of nitrogens with zero attached hydrogens (tertiary/aromatic N) is 2. The molecule has 0 bridgehead atoms. The van der Waals surface area contributed by atoms with Gasteiger partial charge in [0.25, 0.3) is 0 Å². The predicted molar refractivity (Wildman–Crippen MR) is 74.4 cm³/mol. The monoisotopic (exact) mass is 237 g/mol. The molecule has 3 nitrogen and oxygen atoms in total. The number of hydrogen-bond donors (Lipinski definition) is 1. The smallest absolute Gasteiger partial charge is 0.127 e. The van der Waals surface area contributed by atoms with Crippen molar-refractivity contribution >= 4 is 5.82 Å². The van der Waals surface area contributed by atoms with Gasteiger partial charge in [-0.15, -0.1) is 0 Å². The van der Waals surface area contributed by atoms with Crippen LogP contribution in [0.4, 0.5) is 5.82 Å². The maximum Gasteiger partial charge on any atom is 0.127 e. The van der Waals surface area contributed by atoms with E-state index in [-0.39, 0.29) is 11.0 Å². The van der Waals surface area contributed by atoms with Crippen molar-refractivity contribution in [3.63, 3.8) is 0 Å². The third-order valence-corrected chi connectivity index (χ3v) is 2.83. The summed E-state index contributed by atoms with van der Waals surface area (Å²) in [5.41, 5.74) is 7.28. The van der Waals surface area contributed by atoms with Crippen molar-refractivity contribution in [2.75, 3.05) is 5.73 Å². The lowest BCUT2D eigenvalue weighted by Gasteiger charge is -2.29. The molecular weight excluding hydrogens is 210 g/mol. The highest BCUT2D eigenvalue weighted by molar-refractivity contribution is 5.42.